The Labute approximate surface area is 95.2 Å². The minimum Gasteiger partial charge on any atom is -0.492 e. The summed E-state index contributed by atoms with van der Waals surface area (Å²) in [5.74, 6) is 1.53. The van der Waals surface area contributed by atoms with Crippen molar-refractivity contribution in [1.82, 2.24) is 0 Å². The van der Waals surface area contributed by atoms with Gasteiger partial charge in [-0.25, -0.2) is 0 Å². The lowest BCUT2D eigenvalue weighted by atomic mass is 10.1. The topological polar surface area (TPSA) is 26.3 Å². The molecule has 1 rings (SSSR count). The first-order valence-electron chi connectivity index (χ1n) is 4.99. The van der Waals surface area contributed by atoms with Crippen molar-refractivity contribution >= 4 is 17.4 Å². The van der Waals surface area contributed by atoms with Gasteiger partial charge in [-0.2, -0.15) is 0 Å². The number of halogens is 1. The fourth-order valence-corrected chi connectivity index (χ4v) is 1.31. The number of alkyl halides is 1. The smallest absolute Gasteiger partial charge is 0.130 e. The van der Waals surface area contributed by atoms with Crippen molar-refractivity contribution < 1.29 is 9.53 Å². The van der Waals surface area contributed by atoms with Gasteiger partial charge in [-0.05, 0) is 31.0 Å². The lowest BCUT2D eigenvalue weighted by molar-refractivity contribution is -0.116. The van der Waals surface area contributed by atoms with Crippen LogP contribution in [0.5, 0.6) is 5.75 Å². The molecule has 0 amide bonds. The van der Waals surface area contributed by atoms with Gasteiger partial charge in [0.25, 0.3) is 0 Å². The second-order valence-electron chi connectivity index (χ2n) is 3.38. The third-order valence-electron chi connectivity index (χ3n) is 2.03. The van der Waals surface area contributed by atoms with E-state index in [9.17, 15) is 4.79 Å². The Morgan fingerprint density at radius 2 is 2.00 bits per heavy atom. The van der Waals surface area contributed by atoms with Crippen LogP contribution in [0.15, 0.2) is 24.3 Å². The molecule has 3 heteroatoms. The second kappa shape index (κ2) is 6.46. The molecule has 15 heavy (non-hydrogen) atoms. The summed E-state index contributed by atoms with van der Waals surface area (Å²) >= 11 is 5.50. The molecule has 0 unspecified atom stereocenters. The summed E-state index contributed by atoms with van der Waals surface area (Å²) in [7, 11) is 0. The molecular weight excluding hydrogens is 212 g/mol. The monoisotopic (exact) mass is 226 g/mol. The SMILES string of the molecule is CC(=O)CCc1ccc(OCCCl)cc1. The van der Waals surface area contributed by atoms with E-state index in [1.807, 2.05) is 24.3 Å². The fraction of sp³-hybridized carbons (Fsp3) is 0.417. The van der Waals surface area contributed by atoms with Crippen LogP contribution in [0.4, 0.5) is 0 Å². The van der Waals surface area contributed by atoms with Crippen LogP contribution in [-0.4, -0.2) is 18.3 Å². The molecular formula is C12H15ClO2. The molecule has 82 valence electrons. The van der Waals surface area contributed by atoms with Gasteiger partial charge in [0, 0.05) is 6.42 Å². The summed E-state index contributed by atoms with van der Waals surface area (Å²) in [6, 6.07) is 7.77. The molecule has 0 aliphatic heterocycles. The largest absolute Gasteiger partial charge is 0.492 e. The van der Waals surface area contributed by atoms with Crippen LogP contribution in [0, 0.1) is 0 Å². The molecule has 0 atom stereocenters. The van der Waals surface area contributed by atoms with Crippen molar-refractivity contribution in [1.29, 1.82) is 0 Å². The zero-order valence-electron chi connectivity index (χ0n) is 8.83. The average molecular weight is 227 g/mol. The molecule has 1 aromatic carbocycles. The van der Waals surface area contributed by atoms with Gasteiger partial charge in [0.15, 0.2) is 0 Å². The molecule has 0 saturated heterocycles. The van der Waals surface area contributed by atoms with Crippen molar-refractivity contribution in [3.05, 3.63) is 29.8 Å². The molecule has 0 N–H and O–H groups in total. The normalized spacial score (nSPS) is 10.0. The van der Waals surface area contributed by atoms with E-state index in [-0.39, 0.29) is 5.78 Å². The number of carbonyl (C=O) groups is 1. The fourth-order valence-electron chi connectivity index (χ4n) is 1.23. The highest BCUT2D eigenvalue weighted by atomic mass is 35.5. The van der Waals surface area contributed by atoms with Gasteiger partial charge in [0.1, 0.15) is 18.1 Å². The number of Topliss-reactive ketones (excluding diaryl/α,β-unsaturated/α-hetero) is 1. The number of ether oxygens (including phenoxy) is 1. The van der Waals surface area contributed by atoms with Crippen molar-refractivity contribution in [2.24, 2.45) is 0 Å². The first-order valence-corrected chi connectivity index (χ1v) is 5.53. The van der Waals surface area contributed by atoms with Crippen molar-refractivity contribution in [3.8, 4) is 5.75 Å². The summed E-state index contributed by atoms with van der Waals surface area (Å²) in [6.07, 6.45) is 1.40. The highest BCUT2D eigenvalue weighted by Crippen LogP contribution is 2.13. The molecule has 0 heterocycles. The predicted molar refractivity (Wildman–Crippen MR) is 61.7 cm³/mol. The van der Waals surface area contributed by atoms with E-state index in [2.05, 4.69) is 0 Å². The Morgan fingerprint density at radius 3 is 2.53 bits per heavy atom. The van der Waals surface area contributed by atoms with Crippen LogP contribution in [0.25, 0.3) is 0 Å². The van der Waals surface area contributed by atoms with E-state index in [4.69, 9.17) is 16.3 Å². The molecule has 0 spiro atoms. The summed E-state index contributed by atoms with van der Waals surface area (Å²) < 4.78 is 5.34. The second-order valence-corrected chi connectivity index (χ2v) is 3.76. The van der Waals surface area contributed by atoms with E-state index in [1.165, 1.54) is 0 Å². The van der Waals surface area contributed by atoms with E-state index >= 15 is 0 Å². The zero-order valence-corrected chi connectivity index (χ0v) is 9.59. The maximum absolute atomic E-state index is 10.8. The van der Waals surface area contributed by atoms with E-state index in [1.54, 1.807) is 6.92 Å². The van der Waals surface area contributed by atoms with Gasteiger partial charge in [0.05, 0.1) is 5.88 Å². The summed E-state index contributed by atoms with van der Waals surface area (Å²) in [6.45, 7) is 2.13. The third kappa shape index (κ3) is 4.84. The van der Waals surface area contributed by atoms with Crippen molar-refractivity contribution in [2.75, 3.05) is 12.5 Å². The molecule has 0 fully saturated rings. The molecule has 0 radical (unpaired) electrons. The van der Waals surface area contributed by atoms with E-state index in [0.717, 1.165) is 17.7 Å². The third-order valence-corrected chi connectivity index (χ3v) is 2.19. The van der Waals surface area contributed by atoms with Crippen LogP contribution in [-0.2, 0) is 11.2 Å². The number of carbonyl (C=O) groups excluding carboxylic acids is 1. The number of benzene rings is 1. The average Bonchev–Trinajstić information content (AvgIpc) is 2.25. The highest BCUT2D eigenvalue weighted by molar-refractivity contribution is 6.17. The molecule has 0 aromatic heterocycles. The number of aryl methyl sites for hydroxylation is 1. The molecule has 0 aliphatic carbocycles. The number of rotatable bonds is 6. The van der Waals surface area contributed by atoms with Gasteiger partial charge in [0.2, 0.25) is 0 Å². The molecule has 2 nitrogen and oxygen atoms in total. The van der Waals surface area contributed by atoms with Gasteiger partial charge in [-0.1, -0.05) is 12.1 Å². The maximum atomic E-state index is 10.8. The minimum atomic E-state index is 0.220. The summed E-state index contributed by atoms with van der Waals surface area (Å²) in [5.41, 5.74) is 1.16. The molecule has 0 aliphatic rings. The molecule has 0 bridgehead atoms. The summed E-state index contributed by atoms with van der Waals surface area (Å²) in [5, 5.41) is 0. The maximum Gasteiger partial charge on any atom is 0.130 e. The Morgan fingerprint density at radius 1 is 1.33 bits per heavy atom. The molecule has 1 aromatic rings. The van der Waals surface area contributed by atoms with Gasteiger partial charge < -0.3 is 9.53 Å². The highest BCUT2D eigenvalue weighted by Gasteiger charge is 1.97. The molecule has 0 saturated carbocycles. The van der Waals surface area contributed by atoms with Crippen LogP contribution >= 0.6 is 11.6 Å². The van der Waals surface area contributed by atoms with Crippen LogP contribution < -0.4 is 4.74 Å². The van der Waals surface area contributed by atoms with E-state index < -0.39 is 0 Å². The minimum absolute atomic E-state index is 0.220. The Hall–Kier alpha value is -1.02. The predicted octanol–water partition coefficient (Wildman–Crippen LogP) is 2.83. The van der Waals surface area contributed by atoms with Crippen LogP contribution in [0.3, 0.4) is 0 Å². The quantitative estimate of drug-likeness (QED) is 0.698. The Bertz CT molecular complexity index is 306. The van der Waals surface area contributed by atoms with Gasteiger partial charge in [-0.15, -0.1) is 11.6 Å². The zero-order chi connectivity index (χ0) is 11.1. The lowest BCUT2D eigenvalue weighted by Crippen LogP contribution is -1.98. The first kappa shape index (κ1) is 12.1. The lowest BCUT2D eigenvalue weighted by Gasteiger charge is -2.04. The number of hydrogen-bond acceptors (Lipinski definition) is 2. The first-order chi connectivity index (χ1) is 7.22. The summed E-state index contributed by atoms with van der Waals surface area (Å²) in [4.78, 5) is 10.8. The Balaban J connectivity index is 2.45. The number of ketones is 1. The van der Waals surface area contributed by atoms with Crippen molar-refractivity contribution in [2.45, 2.75) is 19.8 Å². The number of hydrogen-bond donors (Lipinski definition) is 0. The Kier molecular flexibility index (Phi) is 5.19. The van der Waals surface area contributed by atoms with Gasteiger partial charge >= 0.3 is 0 Å². The van der Waals surface area contributed by atoms with Crippen LogP contribution in [0.2, 0.25) is 0 Å². The van der Waals surface area contributed by atoms with E-state index in [0.29, 0.717) is 18.9 Å². The van der Waals surface area contributed by atoms with Crippen molar-refractivity contribution in [3.63, 3.8) is 0 Å². The van der Waals surface area contributed by atoms with Gasteiger partial charge in [-0.3, -0.25) is 0 Å². The standard InChI is InChI=1S/C12H15ClO2/c1-10(14)2-3-11-4-6-12(7-5-11)15-9-8-13/h4-7H,2-3,8-9H2,1H3. The van der Waals surface area contributed by atoms with Crippen LogP contribution in [0.1, 0.15) is 18.9 Å².